The summed E-state index contributed by atoms with van der Waals surface area (Å²) in [6.07, 6.45) is 2.31. The van der Waals surface area contributed by atoms with E-state index < -0.39 is 15.8 Å². The molecule has 1 saturated carbocycles. The smallest absolute Gasteiger partial charge is 0.242 e. The molecule has 1 aliphatic carbocycles. The van der Waals surface area contributed by atoms with Crippen LogP contribution in [0.25, 0.3) is 0 Å². The molecule has 0 spiro atoms. The second-order valence-corrected chi connectivity index (χ2v) is 7.06. The Hall–Kier alpha value is -0.890. The number of nitrogens with two attached hydrogens (primary N) is 1. The van der Waals surface area contributed by atoms with Crippen LogP contribution in [0.2, 0.25) is 5.02 Å². The molecule has 0 aromatic heterocycles. The van der Waals surface area contributed by atoms with Gasteiger partial charge >= 0.3 is 0 Å². The fourth-order valence-corrected chi connectivity index (χ4v) is 3.45. The number of nitrogens with zero attached hydrogens (tertiary/aromatic N) is 1. The second-order valence-electron chi connectivity index (χ2n) is 4.91. The molecule has 0 heterocycles. The van der Waals surface area contributed by atoms with E-state index in [1.165, 1.54) is 0 Å². The number of nitrogens with one attached hydrogen (secondary N) is 1. The van der Waals surface area contributed by atoms with Crippen LogP contribution in [-0.4, -0.2) is 39.5 Å². The second kappa shape index (κ2) is 5.85. The molecule has 1 aliphatic rings. The molecule has 112 valence electrons. The van der Waals surface area contributed by atoms with Gasteiger partial charge in [-0.05, 0) is 32.0 Å². The molecular formula is C12H17ClFN3O2S. The molecule has 0 aliphatic heterocycles. The van der Waals surface area contributed by atoms with Gasteiger partial charge in [-0.2, -0.15) is 0 Å². The molecule has 2 rings (SSSR count). The molecule has 1 aromatic rings. The number of hydrogen-bond donors (Lipinski definition) is 2. The summed E-state index contributed by atoms with van der Waals surface area (Å²) in [4.78, 5) is 1.90. The normalized spacial score (nSPS) is 15.8. The van der Waals surface area contributed by atoms with Crippen LogP contribution in [0.4, 0.5) is 10.1 Å². The van der Waals surface area contributed by atoms with Gasteiger partial charge in [-0.3, -0.25) is 0 Å². The minimum absolute atomic E-state index is 0.181. The van der Waals surface area contributed by atoms with Crippen LogP contribution < -0.4 is 10.5 Å². The summed E-state index contributed by atoms with van der Waals surface area (Å²) in [6.45, 7) is 0.876. The fourth-order valence-electron chi connectivity index (χ4n) is 1.88. The van der Waals surface area contributed by atoms with Crippen molar-refractivity contribution in [3.8, 4) is 0 Å². The summed E-state index contributed by atoms with van der Waals surface area (Å²) in [5.74, 6) is -0.734. The Balaban J connectivity index is 2.04. The molecule has 0 amide bonds. The Morgan fingerprint density at radius 1 is 1.50 bits per heavy atom. The largest absolute Gasteiger partial charge is 0.396 e. The molecule has 0 radical (unpaired) electrons. The average Bonchev–Trinajstić information content (AvgIpc) is 3.17. The van der Waals surface area contributed by atoms with Gasteiger partial charge in [-0.1, -0.05) is 11.6 Å². The van der Waals surface area contributed by atoms with Crippen molar-refractivity contribution in [2.75, 3.05) is 25.9 Å². The molecule has 1 fully saturated rings. The van der Waals surface area contributed by atoms with E-state index in [2.05, 4.69) is 9.62 Å². The molecule has 0 bridgehead atoms. The summed E-state index contributed by atoms with van der Waals surface area (Å²) in [5, 5.41) is -0.181. The van der Waals surface area contributed by atoms with Crippen LogP contribution in [0.5, 0.6) is 0 Å². The summed E-state index contributed by atoms with van der Waals surface area (Å²) in [7, 11) is -1.83. The summed E-state index contributed by atoms with van der Waals surface area (Å²) < 4.78 is 39.8. The SMILES string of the molecule is CN(CCNS(=O)(=O)c1cc(N)c(F)cc1Cl)C1CC1. The number of rotatable bonds is 6. The molecular weight excluding hydrogens is 305 g/mol. The van der Waals surface area contributed by atoms with Crippen LogP contribution >= 0.6 is 11.6 Å². The van der Waals surface area contributed by atoms with Crippen LogP contribution in [0.15, 0.2) is 17.0 Å². The molecule has 5 nitrogen and oxygen atoms in total. The lowest BCUT2D eigenvalue weighted by Gasteiger charge is -2.16. The highest BCUT2D eigenvalue weighted by Crippen LogP contribution is 2.26. The van der Waals surface area contributed by atoms with Crippen molar-refractivity contribution in [2.45, 2.75) is 23.8 Å². The number of hydrogen-bond acceptors (Lipinski definition) is 4. The van der Waals surface area contributed by atoms with Crippen molar-refractivity contribution in [3.05, 3.63) is 23.0 Å². The maximum atomic E-state index is 13.2. The Morgan fingerprint density at radius 3 is 2.75 bits per heavy atom. The first-order valence-corrected chi connectivity index (χ1v) is 8.12. The maximum absolute atomic E-state index is 13.2. The summed E-state index contributed by atoms with van der Waals surface area (Å²) >= 11 is 5.76. The number of halogens is 2. The van der Waals surface area contributed by atoms with Gasteiger partial charge in [0.2, 0.25) is 10.0 Å². The quantitative estimate of drug-likeness (QED) is 0.777. The number of nitrogen functional groups attached to an aromatic ring is 1. The van der Waals surface area contributed by atoms with E-state index in [0.29, 0.717) is 12.6 Å². The van der Waals surface area contributed by atoms with E-state index in [1.54, 1.807) is 0 Å². The molecule has 0 saturated heterocycles. The zero-order valence-corrected chi connectivity index (χ0v) is 12.6. The number of anilines is 1. The standard InChI is InChI=1S/C12H17ClFN3O2S/c1-17(8-2-3-8)5-4-16-20(18,19)12-7-11(15)10(14)6-9(12)13/h6-8,16H,2-5,15H2,1H3. The Morgan fingerprint density at radius 2 is 2.15 bits per heavy atom. The Kier molecular flexibility index (Phi) is 4.53. The van der Waals surface area contributed by atoms with Gasteiger partial charge in [0.15, 0.2) is 0 Å². The van der Waals surface area contributed by atoms with Crippen LogP contribution in [0.3, 0.4) is 0 Å². The van der Waals surface area contributed by atoms with Gasteiger partial charge in [-0.25, -0.2) is 17.5 Å². The van der Waals surface area contributed by atoms with Crippen molar-refractivity contribution < 1.29 is 12.8 Å². The maximum Gasteiger partial charge on any atom is 0.242 e. The highest BCUT2D eigenvalue weighted by atomic mass is 35.5. The molecule has 8 heteroatoms. The molecule has 20 heavy (non-hydrogen) atoms. The summed E-state index contributed by atoms with van der Waals surface area (Å²) in [6, 6.07) is 2.50. The van der Waals surface area contributed by atoms with Crippen molar-refractivity contribution in [1.82, 2.24) is 9.62 Å². The Labute approximate surface area is 122 Å². The Bertz CT molecular complexity index is 605. The lowest BCUT2D eigenvalue weighted by molar-refractivity contribution is 0.329. The molecule has 0 unspecified atom stereocenters. The van der Waals surface area contributed by atoms with E-state index in [-0.39, 0.29) is 22.2 Å². The highest BCUT2D eigenvalue weighted by Gasteiger charge is 2.26. The van der Waals surface area contributed by atoms with Crippen molar-refractivity contribution in [1.29, 1.82) is 0 Å². The monoisotopic (exact) mass is 321 g/mol. The predicted molar refractivity (Wildman–Crippen MR) is 76.7 cm³/mol. The first kappa shape index (κ1) is 15.5. The van der Waals surface area contributed by atoms with E-state index in [4.69, 9.17) is 17.3 Å². The number of benzene rings is 1. The molecule has 0 atom stereocenters. The fraction of sp³-hybridized carbons (Fsp3) is 0.500. The van der Waals surface area contributed by atoms with Crippen molar-refractivity contribution in [2.24, 2.45) is 0 Å². The van der Waals surface area contributed by atoms with E-state index in [0.717, 1.165) is 25.0 Å². The zero-order valence-electron chi connectivity index (χ0n) is 11.1. The highest BCUT2D eigenvalue weighted by molar-refractivity contribution is 7.89. The lowest BCUT2D eigenvalue weighted by Crippen LogP contribution is -2.34. The molecule has 3 N–H and O–H groups in total. The van der Waals surface area contributed by atoms with E-state index in [1.807, 2.05) is 7.05 Å². The third kappa shape index (κ3) is 3.60. The van der Waals surface area contributed by atoms with Gasteiger partial charge in [-0.15, -0.1) is 0 Å². The van der Waals surface area contributed by atoms with Gasteiger partial charge in [0.05, 0.1) is 10.7 Å². The first-order chi connectivity index (χ1) is 9.31. The van der Waals surface area contributed by atoms with E-state index >= 15 is 0 Å². The minimum atomic E-state index is -3.79. The number of likely N-dealkylation sites (N-methyl/N-ethyl adjacent to an activating group) is 1. The topological polar surface area (TPSA) is 75.4 Å². The third-order valence-electron chi connectivity index (χ3n) is 3.27. The minimum Gasteiger partial charge on any atom is -0.396 e. The predicted octanol–water partition coefficient (Wildman–Crippen LogP) is 1.43. The van der Waals surface area contributed by atoms with Gasteiger partial charge < -0.3 is 10.6 Å². The summed E-state index contributed by atoms with van der Waals surface area (Å²) in [5.41, 5.74) is 5.13. The van der Waals surface area contributed by atoms with Crippen molar-refractivity contribution >= 4 is 27.3 Å². The van der Waals surface area contributed by atoms with Crippen LogP contribution in [-0.2, 0) is 10.0 Å². The lowest BCUT2D eigenvalue weighted by atomic mass is 10.3. The van der Waals surface area contributed by atoms with Gasteiger partial charge in [0, 0.05) is 19.1 Å². The van der Waals surface area contributed by atoms with Crippen LogP contribution in [0.1, 0.15) is 12.8 Å². The van der Waals surface area contributed by atoms with Gasteiger partial charge in [0.25, 0.3) is 0 Å². The van der Waals surface area contributed by atoms with Crippen molar-refractivity contribution in [3.63, 3.8) is 0 Å². The average molecular weight is 322 g/mol. The third-order valence-corrected chi connectivity index (χ3v) is 5.19. The zero-order chi connectivity index (χ0) is 14.9. The van der Waals surface area contributed by atoms with E-state index in [9.17, 15) is 12.8 Å². The number of sulfonamides is 1. The van der Waals surface area contributed by atoms with Gasteiger partial charge in [0.1, 0.15) is 10.7 Å². The van der Waals surface area contributed by atoms with Crippen LogP contribution in [0, 0.1) is 5.82 Å². The first-order valence-electron chi connectivity index (χ1n) is 6.25. The molecule has 1 aromatic carbocycles.